The number of esters is 1. The lowest BCUT2D eigenvalue weighted by Crippen LogP contribution is -2.21. The molecule has 4 rings (SSSR count). The summed E-state index contributed by atoms with van der Waals surface area (Å²) in [5.74, 6) is -5.02. The summed E-state index contributed by atoms with van der Waals surface area (Å²) in [5.41, 5.74) is 2.58. The molecule has 0 atom stereocenters. The summed E-state index contributed by atoms with van der Waals surface area (Å²) in [4.78, 5) is 23.9. The van der Waals surface area contributed by atoms with Crippen LogP contribution in [0.1, 0.15) is 17.3 Å². The van der Waals surface area contributed by atoms with Crippen LogP contribution >= 0.6 is 0 Å². The molecule has 0 spiro atoms. The number of benzene rings is 3. The van der Waals surface area contributed by atoms with E-state index in [1.54, 1.807) is 6.07 Å². The van der Waals surface area contributed by atoms with Crippen molar-refractivity contribution in [2.24, 2.45) is 0 Å². The van der Waals surface area contributed by atoms with Gasteiger partial charge in [0.25, 0.3) is 5.91 Å². The van der Waals surface area contributed by atoms with Gasteiger partial charge in [-0.2, -0.15) is 8.78 Å². The Labute approximate surface area is 193 Å². The van der Waals surface area contributed by atoms with Gasteiger partial charge in [-0.15, -0.1) is 0 Å². The number of para-hydroxylation sites is 1. The van der Waals surface area contributed by atoms with Gasteiger partial charge in [0.1, 0.15) is 0 Å². The summed E-state index contributed by atoms with van der Waals surface area (Å²) in [5, 5.41) is 4.72. The Hall–Kier alpha value is -3.79. The predicted molar refractivity (Wildman–Crippen MR) is 124 cm³/mol. The molecule has 0 aliphatic rings. The minimum Gasteiger partial charge on any atom is -0.452 e. The molecular formula is C24H20F2N2O5S. The first-order valence-electron chi connectivity index (χ1n) is 10.3. The zero-order valence-electron chi connectivity index (χ0n) is 18.0. The molecule has 1 heterocycles. The van der Waals surface area contributed by atoms with Gasteiger partial charge in [-0.25, -0.2) is 13.2 Å². The van der Waals surface area contributed by atoms with Crippen molar-refractivity contribution in [3.8, 4) is 0 Å². The quantitative estimate of drug-likeness (QED) is 0.385. The van der Waals surface area contributed by atoms with E-state index in [1.165, 1.54) is 0 Å². The molecule has 0 aliphatic carbocycles. The minimum absolute atomic E-state index is 0.0742. The van der Waals surface area contributed by atoms with Crippen molar-refractivity contribution in [1.82, 2.24) is 4.57 Å². The van der Waals surface area contributed by atoms with Crippen LogP contribution < -0.4 is 5.32 Å². The van der Waals surface area contributed by atoms with Gasteiger partial charge in [0.15, 0.2) is 6.61 Å². The number of hydrogen-bond acceptors (Lipinski definition) is 5. The van der Waals surface area contributed by atoms with Crippen LogP contribution in [0.3, 0.4) is 0 Å². The normalized spacial score (nSPS) is 11.8. The summed E-state index contributed by atoms with van der Waals surface area (Å²) in [6, 6.07) is 17.4. The van der Waals surface area contributed by atoms with Crippen LogP contribution in [0.2, 0.25) is 0 Å². The van der Waals surface area contributed by atoms with Crippen molar-refractivity contribution in [2.45, 2.75) is 24.1 Å². The smallest absolute Gasteiger partial charge is 0.341 e. The number of amides is 1. The van der Waals surface area contributed by atoms with E-state index in [0.29, 0.717) is 5.69 Å². The maximum atomic E-state index is 12.6. The Balaban J connectivity index is 1.43. The molecule has 1 N–H and O–H groups in total. The Morgan fingerprint density at radius 2 is 1.65 bits per heavy atom. The van der Waals surface area contributed by atoms with Crippen molar-refractivity contribution >= 4 is 49.2 Å². The van der Waals surface area contributed by atoms with Crippen LogP contribution in [0, 0.1) is 0 Å². The number of aryl methyl sites for hydroxylation is 1. The van der Waals surface area contributed by atoms with Gasteiger partial charge in [0.2, 0.25) is 9.84 Å². The molecule has 1 aromatic heterocycles. The number of nitrogens with zero attached hydrogens (tertiary/aromatic N) is 1. The first-order chi connectivity index (χ1) is 16.2. The number of carbonyl (C=O) groups excluding carboxylic acids is 2. The topological polar surface area (TPSA) is 94.5 Å². The van der Waals surface area contributed by atoms with Gasteiger partial charge in [0, 0.05) is 34.0 Å². The molecule has 0 unspecified atom stereocenters. The third kappa shape index (κ3) is 4.36. The molecule has 0 fully saturated rings. The number of nitrogens with one attached hydrogen (secondary N) is 1. The maximum Gasteiger partial charge on any atom is 0.341 e. The Morgan fingerprint density at radius 1 is 0.971 bits per heavy atom. The van der Waals surface area contributed by atoms with Gasteiger partial charge in [-0.1, -0.05) is 18.2 Å². The number of rotatable bonds is 7. The highest BCUT2D eigenvalue weighted by Gasteiger charge is 2.26. The number of carbonyl (C=O) groups is 2. The van der Waals surface area contributed by atoms with E-state index in [9.17, 15) is 26.8 Å². The first kappa shape index (κ1) is 23.4. The number of sulfone groups is 1. The first-order valence-corrected chi connectivity index (χ1v) is 11.9. The second-order valence-electron chi connectivity index (χ2n) is 7.45. The van der Waals surface area contributed by atoms with E-state index in [-0.39, 0.29) is 5.56 Å². The molecule has 176 valence electrons. The molecule has 0 radical (unpaired) electrons. The summed E-state index contributed by atoms with van der Waals surface area (Å²) in [6.07, 6.45) is 0. The number of alkyl halides is 2. The second-order valence-corrected chi connectivity index (χ2v) is 9.37. The third-order valence-electron chi connectivity index (χ3n) is 5.36. The molecule has 1 amide bonds. The van der Waals surface area contributed by atoms with E-state index in [1.807, 2.05) is 36.4 Å². The molecule has 10 heteroatoms. The number of anilines is 1. The average Bonchev–Trinajstić information content (AvgIpc) is 3.15. The predicted octanol–water partition coefficient (Wildman–Crippen LogP) is 4.61. The summed E-state index contributed by atoms with van der Waals surface area (Å²) >= 11 is 0. The van der Waals surface area contributed by atoms with E-state index < -0.39 is 39.0 Å². The molecule has 0 aliphatic heterocycles. The fraction of sp³-hybridized carbons (Fsp3) is 0.167. The van der Waals surface area contributed by atoms with Gasteiger partial charge in [-0.05, 0) is 55.5 Å². The van der Waals surface area contributed by atoms with Crippen LogP contribution in [-0.2, 0) is 25.9 Å². The number of aromatic nitrogens is 1. The molecule has 34 heavy (non-hydrogen) atoms. The zero-order chi connectivity index (χ0) is 24.5. The number of fused-ring (bicyclic) bond motifs is 3. The highest BCUT2D eigenvalue weighted by Crippen LogP contribution is 2.31. The largest absolute Gasteiger partial charge is 0.452 e. The van der Waals surface area contributed by atoms with Gasteiger partial charge >= 0.3 is 11.7 Å². The van der Waals surface area contributed by atoms with Crippen LogP contribution in [0.25, 0.3) is 21.8 Å². The fourth-order valence-corrected chi connectivity index (χ4v) is 4.49. The lowest BCUT2D eigenvalue weighted by molar-refractivity contribution is -0.119. The molecular weight excluding hydrogens is 466 g/mol. The van der Waals surface area contributed by atoms with Gasteiger partial charge < -0.3 is 14.6 Å². The molecule has 0 bridgehead atoms. The highest BCUT2D eigenvalue weighted by atomic mass is 32.2. The molecule has 7 nitrogen and oxygen atoms in total. The van der Waals surface area contributed by atoms with Gasteiger partial charge in [0.05, 0.1) is 10.5 Å². The van der Waals surface area contributed by atoms with Crippen molar-refractivity contribution in [3.63, 3.8) is 0 Å². The van der Waals surface area contributed by atoms with E-state index in [4.69, 9.17) is 4.74 Å². The summed E-state index contributed by atoms with van der Waals surface area (Å²) < 4.78 is 55.3. The summed E-state index contributed by atoms with van der Waals surface area (Å²) in [7, 11) is -4.76. The SMILES string of the molecule is CCn1c2ccccc2c2cc(NC(=O)COC(=O)c3ccc(S(=O)(=O)C(F)F)cc3)ccc21. The number of halogens is 2. The second kappa shape index (κ2) is 9.22. The van der Waals surface area contributed by atoms with E-state index in [0.717, 1.165) is 52.6 Å². The van der Waals surface area contributed by atoms with Crippen LogP contribution in [0.15, 0.2) is 71.6 Å². The highest BCUT2D eigenvalue weighted by molar-refractivity contribution is 7.91. The monoisotopic (exact) mass is 486 g/mol. The van der Waals surface area contributed by atoms with E-state index in [2.05, 4.69) is 16.8 Å². The van der Waals surface area contributed by atoms with E-state index >= 15 is 0 Å². The van der Waals surface area contributed by atoms with Crippen LogP contribution in [-0.4, -0.2) is 37.2 Å². The Morgan fingerprint density at radius 3 is 2.32 bits per heavy atom. The molecule has 0 saturated carbocycles. The van der Waals surface area contributed by atoms with Gasteiger partial charge in [-0.3, -0.25) is 4.79 Å². The molecule has 0 saturated heterocycles. The summed E-state index contributed by atoms with van der Waals surface area (Å²) in [6.45, 7) is 2.27. The standard InChI is InChI=1S/C24H20F2N2O5S/c1-2-28-20-6-4-3-5-18(20)19-13-16(9-12-21(19)28)27-22(29)14-33-23(30)15-7-10-17(11-8-15)34(31,32)24(25)26/h3-13,24H,2,14H2,1H3,(H,27,29). The zero-order valence-corrected chi connectivity index (χ0v) is 18.8. The Bertz CT molecular complexity index is 1500. The van der Waals surface area contributed by atoms with Crippen LogP contribution in [0.5, 0.6) is 0 Å². The minimum atomic E-state index is -4.76. The van der Waals surface area contributed by atoms with Crippen molar-refractivity contribution in [2.75, 3.05) is 11.9 Å². The molecule has 3 aromatic carbocycles. The average molecular weight is 486 g/mol. The van der Waals surface area contributed by atoms with Crippen molar-refractivity contribution in [3.05, 3.63) is 72.3 Å². The number of hydrogen-bond donors (Lipinski definition) is 1. The van der Waals surface area contributed by atoms with Crippen LogP contribution in [0.4, 0.5) is 14.5 Å². The number of ether oxygens (including phenoxy) is 1. The lowest BCUT2D eigenvalue weighted by atomic mass is 10.1. The maximum absolute atomic E-state index is 12.6. The Kier molecular flexibility index (Phi) is 6.34. The molecule has 4 aromatic rings. The third-order valence-corrected chi connectivity index (χ3v) is 6.76. The van der Waals surface area contributed by atoms with Crippen molar-refractivity contribution < 1.29 is 31.5 Å². The fourth-order valence-electron chi connectivity index (χ4n) is 3.77. The lowest BCUT2D eigenvalue weighted by Gasteiger charge is -2.08. The van der Waals surface area contributed by atoms with Crippen molar-refractivity contribution in [1.29, 1.82) is 0 Å².